The first-order valence-electron chi connectivity index (χ1n) is 11.6. The van der Waals surface area contributed by atoms with Gasteiger partial charge >= 0.3 is 29.6 Å². The van der Waals surface area contributed by atoms with Crippen molar-refractivity contribution >= 4 is 17.1 Å². The van der Waals surface area contributed by atoms with Crippen molar-refractivity contribution in [3.05, 3.63) is 89.3 Å². The fourth-order valence-electron chi connectivity index (χ4n) is 3.60. The van der Waals surface area contributed by atoms with E-state index >= 15 is 0 Å². The molecule has 3 aromatic rings. The van der Waals surface area contributed by atoms with E-state index in [-0.39, 0.29) is 55.1 Å². The van der Waals surface area contributed by atoms with E-state index < -0.39 is 36.2 Å². The predicted molar refractivity (Wildman–Crippen MR) is 130 cm³/mol. The fraction of sp³-hybridized carbons (Fsp3) is 0.308. The number of allylic oxidation sites excluding steroid dienone is 2. The van der Waals surface area contributed by atoms with Gasteiger partial charge in [-0.1, -0.05) is 36.4 Å². The summed E-state index contributed by atoms with van der Waals surface area (Å²) in [7, 11) is 1.53. The van der Waals surface area contributed by atoms with Crippen LogP contribution in [0.15, 0.2) is 60.7 Å². The molecule has 0 radical (unpaired) electrons. The zero-order valence-electron chi connectivity index (χ0n) is 21.5. The molecule has 1 aromatic heterocycles. The molecule has 202 valence electrons. The smallest absolute Gasteiger partial charge is 0.550 e. The van der Waals surface area contributed by atoms with Crippen LogP contribution >= 0.6 is 0 Å². The van der Waals surface area contributed by atoms with Crippen molar-refractivity contribution in [1.29, 1.82) is 0 Å². The van der Waals surface area contributed by atoms with Crippen molar-refractivity contribution in [2.24, 2.45) is 0 Å². The Morgan fingerprint density at radius 3 is 2.18 bits per heavy atom. The zero-order valence-corrected chi connectivity index (χ0v) is 23.5. The van der Waals surface area contributed by atoms with Crippen LogP contribution in [0.25, 0.3) is 11.1 Å². The van der Waals surface area contributed by atoms with Gasteiger partial charge in [-0.05, 0) is 51.4 Å². The van der Waals surface area contributed by atoms with Gasteiger partial charge in [-0.2, -0.15) is 4.68 Å². The van der Waals surface area contributed by atoms with Crippen molar-refractivity contribution in [3.63, 3.8) is 0 Å². The van der Waals surface area contributed by atoms with Crippen LogP contribution in [0.3, 0.4) is 0 Å². The zero-order chi connectivity index (χ0) is 27.5. The number of carboxylic acid groups (broad SMARTS) is 1. The maximum Gasteiger partial charge on any atom is 1.00 e. The first kappa shape index (κ1) is 32.4. The molecule has 2 N–H and O–H groups in total. The molecule has 0 fully saturated rings. The minimum atomic E-state index is -1.45. The Labute approximate surface area is 245 Å². The van der Waals surface area contributed by atoms with Gasteiger partial charge in [0, 0.05) is 31.5 Å². The average molecular weight is 553 g/mol. The van der Waals surface area contributed by atoms with Crippen molar-refractivity contribution in [1.82, 2.24) is 20.2 Å². The summed E-state index contributed by atoms with van der Waals surface area (Å²) in [5.74, 6) is -2.15. The van der Waals surface area contributed by atoms with Gasteiger partial charge in [-0.15, -0.1) is 5.10 Å². The van der Waals surface area contributed by atoms with E-state index in [9.17, 15) is 28.9 Å². The fourth-order valence-corrected chi connectivity index (χ4v) is 3.60. The summed E-state index contributed by atoms with van der Waals surface area (Å²) in [6.07, 6.45) is -0.655. The van der Waals surface area contributed by atoms with Gasteiger partial charge in [0.1, 0.15) is 18.4 Å². The van der Waals surface area contributed by atoms with E-state index in [1.807, 2.05) is 0 Å². The maximum absolute atomic E-state index is 13.8. The Hall–Kier alpha value is -2.84. The molecule has 2 atom stereocenters. The van der Waals surface area contributed by atoms with Crippen molar-refractivity contribution < 1.29 is 67.9 Å². The predicted octanol–water partition coefficient (Wildman–Crippen LogP) is -1.66. The summed E-state index contributed by atoms with van der Waals surface area (Å²) in [5, 5.41) is 42.9. The van der Waals surface area contributed by atoms with E-state index in [4.69, 9.17) is 9.47 Å². The number of aliphatic carboxylic acids is 1. The van der Waals surface area contributed by atoms with Crippen LogP contribution in [0.2, 0.25) is 0 Å². The largest absolute Gasteiger partial charge is 1.00 e. The van der Waals surface area contributed by atoms with Crippen LogP contribution in [-0.2, 0) is 21.0 Å². The Bertz CT molecular complexity index is 1200. The number of rotatable bonds is 14. The van der Waals surface area contributed by atoms with Gasteiger partial charge in [0.25, 0.3) is 0 Å². The second-order valence-corrected chi connectivity index (χ2v) is 8.23. The minimum absolute atomic E-state index is 0. The second-order valence-electron chi connectivity index (χ2n) is 8.23. The molecule has 2 aromatic carbocycles. The number of hydrogen-bond donors (Lipinski definition) is 2. The topological polar surface area (TPSA) is 143 Å². The molecule has 0 bridgehead atoms. The van der Waals surface area contributed by atoms with Gasteiger partial charge < -0.3 is 29.6 Å². The number of ether oxygens (including phenoxy) is 2. The van der Waals surface area contributed by atoms with Crippen LogP contribution in [0, 0.1) is 11.6 Å². The molecular weight excluding hydrogens is 525 g/mol. The third-order valence-corrected chi connectivity index (χ3v) is 5.35. The minimum Gasteiger partial charge on any atom is -0.550 e. The quantitative estimate of drug-likeness (QED) is 0.137. The summed E-state index contributed by atoms with van der Waals surface area (Å²) in [6, 6.07) is 11.2. The number of aliphatic hydroxyl groups excluding tert-OH is 2. The van der Waals surface area contributed by atoms with E-state index in [2.05, 4.69) is 15.5 Å². The first-order chi connectivity index (χ1) is 18.3. The Morgan fingerprint density at radius 1 is 1.05 bits per heavy atom. The molecule has 3 rings (SSSR count). The van der Waals surface area contributed by atoms with Crippen LogP contribution in [-0.4, -0.2) is 68.9 Å². The first-order valence-corrected chi connectivity index (χ1v) is 11.6. The van der Waals surface area contributed by atoms with Gasteiger partial charge in [0.15, 0.2) is 5.82 Å². The Balaban J connectivity index is 0.00000533. The third-order valence-electron chi connectivity index (χ3n) is 5.35. The molecular formula is C26H27F2N4NaO6. The molecule has 0 saturated heterocycles. The van der Waals surface area contributed by atoms with Crippen molar-refractivity contribution in [3.8, 4) is 0 Å². The van der Waals surface area contributed by atoms with Crippen LogP contribution in [0.4, 0.5) is 8.78 Å². The van der Waals surface area contributed by atoms with Crippen LogP contribution in [0.1, 0.15) is 29.8 Å². The van der Waals surface area contributed by atoms with E-state index in [0.717, 1.165) is 0 Å². The SMILES string of the molecule is COCCOCn1nnnc1C(/C=C/C(O)CC(O)CC(=O)[O-])=C(c1ccc(F)cc1)c1ccc(F)cc1.[Na+]. The van der Waals surface area contributed by atoms with Crippen molar-refractivity contribution in [2.75, 3.05) is 20.3 Å². The molecule has 39 heavy (non-hydrogen) atoms. The normalized spacial score (nSPS) is 12.6. The van der Waals surface area contributed by atoms with Gasteiger partial charge in [-0.25, -0.2) is 8.78 Å². The molecule has 1 heterocycles. The van der Waals surface area contributed by atoms with Crippen LogP contribution < -0.4 is 34.7 Å². The number of halogens is 2. The maximum atomic E-state index is 13.8. The summed E-state index contributed by atoms with van der Waals surface area (Å²) < 4.78 is 39.4. The standard InChI is InChI=1S/C26H28F2N4O6.Na/c1-37-12-13-38-16-32-26(29-30-31-32)23(11-10-21(33)14-22(34)15-24(35)36)25(17-2-6-19(27)7-3-17)18-4-8-20(28)9-5-18;/h2-11,21-22,33-34H,12-16H2,1H3,(H,35,36);/q;+1/p-1/b11-10+;. The molecule has 0 aliphatic rings. The van der Waals surface area contributed by atoms with E-state index in [1.54, 1.807) is 0 Å². The summed E-state index contributed by atoms with van der Waals surface area (Å²) in [5.41, 5.74) is 1.92. The monoisotopic (exact) mass is 552 g/mol. The molecule has 0 spiro atoms. The summed E-state index contributed by atoms with van der Waals surface area (Å²) in [6.45, 7) is 0.565. The number of tetrazole rings is 1. The third kappa shape index (κ3) is 10.0. The molecule has 13 heteroatoms. The number of carbonyl (C=O) groups excluding carboxylic acids is 1. The molecule has 2 unspecified atom stereocenters. The number of carboxylic acids is 1. The molecule has 0 saturated carbocycles. The number of nitrogens with zero attached hydrogens (tertiary/aromatic N) is 4. The molecule has 0 amide bonds. The average Bonchev–Trinajstić information content (AvgIpc) is 3.33. The Kier molecular flexibility index (Phi) is 13.5. The number of aliphatic hydroxyl groups is 2. The number of hydrogen-bond acceptors (Lipinski definition) is 9. The van der Waals surface area contributed by atoms with Crippen molar-refractivity contribution in [2.45, 2.75) is 31.8 Å². The Morgan fingerprint density at radius 2 is 1.64 bits per heavy atom. The molecule has 10 nitrogen and oxygen atoms in total. The van der Waals surface area contributed by atoms with Gasteiger partial charge in [0.05, 0.1) is 25.4 Å². The van der Waals surface area contributed by atoms with E-state index in [1.165, 1.54) is 72.5 Å². The molecule has 0 aliphatic heterocycles. The summed E-state index contributed by atoms with van der Waals surface area (Å²) in [4.78, 5) is 10.8. The number of aromatic nitrogens is 4. The summed E-state index contributed by atoms with van der Waals surface area (Å²) >= 11 is 0. The van der Waals surface area contributed by atoms with Crippen LogP contribution in [0.5, 0.6) is 0 Å². The van der Waals surface area contributed by atoms with Gasteiger partial charge in [-0.3, -0.25) is 0 Å². The van der Waals surface area contributed by atoms with E-state index in [0.29, 0.717) is 28.9 Å². The number of carbonyl (C=O) groups is 1. The number of benzene rings is 2. The molecule has 0 aliphatic carbocycles. The van der Waals surface area contributed by atoms with Gasteiger partial charge in [0.2, 0.25) is 0 Å². The number of methoxy groups -OCH3 is 1. The second kappa shape index (κ2) is 16.3.